The van der Waals surface area contributed by atoms with Gasteiger partial charge in [-0.15, -0.1) is 0 Å². The van der Waals surface area contributed by atoms with Gasteiger partial charge in [0.2, 0.25) is 10.0 Å². The van der Waals surface area contributed by atoms with Crippen molar-refractivity contribution in [2.24, 2.45) is 0 Å². The van der Waals surface area contributed by atoms with Gasteiger partial charge in [-0.2, -0.15) is 5.10 Å². The van der Waals surface area contributed by atoms with Gasteiger partial charge in [0.05, 0.1) is 18.0 Å². The Labute approximate surface area is 127 Å². The zero-order valence-electron chi connectivity index (χ0n) is 12.0. The van der Waals surface area contributed by atoms with E-state index in [1.807, 2.05) is 0 Å². The lowest BCUT2D eigenvalue weighted by Crippen LogP contribution is -2.32. The predicted octanol–water partition coefficient (Wildman–Crippen LogP) is 0.810. The van der Waals surface area contributed by atoms with Crippen LogP contribution in [0, 0.1) is 12.7 Å². The molecule has 0 fully saturated rings. The summed E-state index contributed by atoms with van der Waals surface area (Å²) in [6.07, 6.45) is 0. The molecule has 0 unspecified atom stereocenters. The first-order valence-corrected chi connectivity index (χ1v) is 8.27. The largest absolute Gasteiger partial charge is 0.268 e. The van der Waals surface area contributed by atoms with Gasteiger partial charge in [-0.25, -0.2) is 22.2 Å². The molecular weight excluding hydrogens is 309 g/mol. The first-order chi connectivity index (χ1) is 10.4. The van der Waals surface area contributed by atoms with Crippen molar-refractivity contribution in [2.45, 2.75) is 19.2 Å². The van der Waals surface area contributed by atoms with Crippen molar-refractivity contribution >= 4 is 10.0 Å². The van der Waals surface area contributed by atoms with Crippen LogP contribution in [0.3, 0.4) is 0 Å². The molecule has 2 aromatic rings. The van der Waals surface area contributed by atoms with Crippen molar-refractivity contribution in [2.75, 3.05) is 6.54 Å². The standard InChI is InChI=1S/C14H16FN3O3S/c1-11-2-7-14(19)18(17-11)9-8-16-22(20,21)10-12-3-5-13(15)6-4-12/h2-7,16H,8-10H2,1H3. The van der Waals surface area contributed by atoms with Crippen LogP contribution in [0.2, 0.25) is 0 Å². The van der Waals surface area contributed by atoms with E-state index in [-0.39, 0.29) is 24.4 Å². The van der Waals surface area contributed by atoms with E-state index < -0.39 is 15.8 Å². The number of halogens is 1. The topological polar surface area (TPSA) is 81.1 Å². The van der Waals surface area contributed by atoms with Crippen LogP contribution in [-0.2, 0) is 22.3 Å². The zero-order valence-corrected chi connectivity index (χ0v) is 12.8. The van der Waals surface area contributed by atoms with Crippen molar-refractivity contribution in [3.8, 4) is 0 Å². The number of hydrogen-bond acceptors (Lipinski definition) is 4. The minimum absolute atomic E-state index is 0.0554. The maximum absolute atomic E-state index is 12.8. The summed E-state index contributed by atoms with van der Waals surface area (Å²) in [5, 5.41) is 4.01. The Bertz CT molecular complexity index is 801. The van der Waals surface area contributed by atoms with E-state index in [1.165, 1.54) is 35.0 Å². The van der Waals surface area contributed by atoms with Crippen molar-refractivity contribution in [3.05, 3.63) is 63.8 Å². The molecule has 0 spiro atoms. The number of aromatic nitrogens is 2. The van der Waals surface area contributed by atoms with Gasteiger partial charge in [0.25, 0.3) is 5.56 Å². The maximum atomic E-state index is 12.8. The van der Waals surface area contributed by atoms with Crippen LogP contribution < -0.4 is 10.3 Å². The second-order valence-electron chi connectivity index (χ2n) is 4.82. The molecule has 0 aliphatic carbocycles. The first kappa shape index (κ1) is 16.3. The first-order valence-electron chi connectivity index (χ1n) is 6.62. The molecule has 0 amide bonds. The summed E-state index contributed by atoms with van der Waals surface area (Å²) >= 11 is 0. The average Bonchev–Trinajstić information content (AvgIpc) is 2.45. The van der Waals surface area contributed by atoms with Gasteiger partial charge in [-0.05, 0) is 30.7 Å². The summed E-state index contributed by atoms with van der Waals surface area (Å²) in [6.45, 7) is 1.94. The highest BCUT2D eigenvalue weighted by molar-refractivity contribution is 7.88. The molecule has 8 heteroatoms. The van der Waals surface area contributed by atoms with E-state index in [0.717, 1.165) is 0 Å². The SMILES string of the molecule is Cc1ccc(=O)n(CCNS(=O)(=O)Cc2ccc(F)cc2)n1. The molecular formula is C14H16FN3O3S. The van der Waals surface area contributed by atoms with E-state index in [9.17, 15) is 17.6 Å². The van der Waals surface area contributed by atoms with Gasteiger partial charge in [-0.3, -0.25) is 4.79 Å². The van der Waals surface area contributed by atoms with Crippen molar-refractivity contribution in [3.63, 3.8) is 0 Å². The Morgan fingerprint density at radius 2 is 1.86 bits per heavy atom. The van der Waals surface area contributed by atoms with Crippen LogP contribution in [0.25, 0.3) is 0 Å². The third-order valence-electron chi connectivity index (χ3n) is 2.92. The third-order valence-corrected chi connectivity index (χ3v) is 4.27. The van der Waals surface area contributed by atoms with Crippen LogP contribution >= 0.6 is 0 Å². The molecule has 0 aliphatic heterocycles. The fourth-order valence-corrected chi connectivity index (χ4v) is 3.00. The van der Waals surface area contributed by atoms with Crippen LogP contribution in [-0.4, -0.2) is 24.7 Å². The second-order valence-corrected chi connectivity index (χ2v) is 6.62. The van der Waals surface area contributed by atoms with Crippen LogP contribution in [0.15, 0.2) is 41.2 Å². The van der Waals surface area contributed by atoms with Crippen LogP contribution in [0.4, 0.5) is 4.39 Å². The van der Waals surface area contributed by atoms with Gasteiger partial charge >= 0.3 is 0 Å². The van der Waals surface area contributed by atoms with E-state index in [4.69, 9.17) is 0 Å². The molecule has 0 bridgehead atoms. The Balaban J connectivity index is 1.94. The van der Waals surface area contributed by atoms with Gasteiger partial charge in [0.1, 0.15) is 5.82 Å². The Morgan fingerprint density at radius 1 is 1.18 bits per heavy atom. The highest BCUT2D eigenvalue weighted by Crippen LogP contribution is 2.06. The number of nitrogens with one attached hydrogen (secondary N) is 1. The van der Waals surface area contributed by atoms with E-state index in [0.29, 0.717) is 11.3 Å². The summed E-state index contributed by atoms with van der Waals surface area (Å²) in [5.41, 5.74) is 0.872. The lowest BCUT2D eigenvalue weighted by molar-refractivity contribution is 0.543. The van der Waals surface area contributed by atoms with Crippen LogP contribution in [0.5, 0.6) is 0 Å². The number of sulfonamides is 1. The number of hydrogen-bond donors (Lipinski definition) is 1. The number of benzene rings is 1. The van der Waals surface area contributed by atoms with E-state index in [1.54, 1.807) is 13.0 Å². The van der Waals surface area contributed by atoms with E-state index >= 15 is 0 Å². The van der Waals surface area contributed by atoms with Crippen LogP contribution in [0.1, 0.15) is 11.3 Å². The number of nitrogens with zero attached hydrogens (tertiary/aromatic N) is 2. The molecule has 1 aromatic heterocycles. The fraction of sp³-hybridized carbons (Fsp3) is 0.286. The summed E-state index contributed by atoms with van der Waals surface area (Å²) in [4.78, 5) is 11.5. The van der Waals surface area contributed by atoms with Gasteiger partial charge in [0.15, 0.2) is 0 Å². The molecule has 1 heterocycles. The summed E-state index contributed by atoms with van der Waals surface area (Å²) in [6, 6.07) is 8.23. The zero-order chi connectivity index (χ0) is 16.2. The van der Waals surface area contributed by atoms with Gasteiger partial charge in [0, 0.05) is 12.6 Å². The molecule has 22 heavy (non-hydrogen) atoms. The molecule has 1 aromatic carbocycles. The van der Waals surface area contributed by atoms with Crippen molar-refractivity contribution < 1.29 is 12.8 Å². The summed E-state index contributed by atoms with van der Waals surface area (Å²) in [7, 11) is -3.56. The molecule has 0 aliphatic rings. The normalized spacial score (nSPS) is 11.5. The molecule has 118 valence electrons. The number of rotatable bonds is 6. The molecule has 0 saturated heterocycles. The predicted molar refractivity (Wildman–Crippen MR) is 80.3 cm³/mol. The smallest absolute Gasteiger partial charge is 0.266 e. The Kier molecular flexibility index (Phi) is 5.04. The third kappa shape index (κ3) is 4.74. The van der Waals surface area contributed by atoms with Crippen molar-refractivity contribution in [1.82, 2.24) is 14.5 Å². The van der Waals surface area contributed by atoms with Gasteiger partial charge < -0.3 is 0 Å². The monoisotopic (exact) mass is 325 g/mol. The fourth-order valence-electron chi connectivity index (χ4n) is 1.87. The quantitative estimate of drug-likeness (QED) is 0.852. The highest BCUT2D eigenvalue weighted by atomic mass is 32.2. The lowest BCUT2D eigenvalue weighted by Gasteiger charge is -2.08. The minimum atomic E-state index is -3.56. The molecule has 1 N–H and O–H groups in total. The molecule has 6 nitrogen and oxygen atoms in total. The molecule has 0 radical (unpaired) electrons. The van der Waals surface area contributed by atoms with Crippen molar-refractivity contribution in [1.29, 1.82) is 0 Å². The lowest BCUT2D eigenvalue weighted by atomic mass is 10.2. The van der Waals surface area contributed by atoms with E-state index in [2.05, 4.69) is 9.82 Å². The average molecular weight is 325 g/mol. The Hall–Kier alpha value is -2.06. The second kappa shape index (κ2) is 6.80. The highest BCUT2D eigenvalue weighted by Gasteiger charge is 2.11. The number of aryl methyl sites for hydroxylation is 1. The molecule has 2 rings (SSSR count). The molecule has 0 atom stereocenters. The minimum Gasteiger partial charge on any atom is -0.268 e. The molecule has 0 saturated carbocycles. The van der Waals surface area contributed by atoms with Gasteiger partial charge in [-0.1, -0.05) is 12.1 Å². The summed E-state index contributed by atoms with van der Waals surface area (Å²) < 4.78 is 40.2. The maximum Gasteiger partial charge on any atom is 0.266 e. The Morgan fingerprint density at radius 3 is 2.55 bits per heavy atom. The summed E-state index contributed by atoms with van der Waals surface area (Å²) in [5.74, 6) is -0.664.